The zero-order chi connectivity index (χ0) is 24.7. The molecule has 2 aliphatic rings. The molecule has 8 nitrogen and oxygen atoms in total. The molecule has 1 fully saturated rings. The summed E-state index contributed by atoms with van der Waals surface area (Å²) in [7, 11) is 1.50. The van der Waals surface area contributed by atoms with Gasteiger partial charge >= 0.3 is 0 Å². The summed E-state index contributed by atoms with van der Waals surface area (Å²) >= 11 is 0. The number of para-hydroxylation sites is 1. The number of nitrogens with zero attached hydrogens (tertiary/aromatic N) is 1. The molecule has 0 saturated carbocycles. The van der Waals surface area contributed by atoms with Gasteiger partial charge in [-0.25, -0.2) is 0 Å². The summed E-state index contributed by atoms with van der Waals surface area (Å²) in [6.07, 6.45) is 0.377. The number of amides is 3. The summed E-state index contributed by atoms with van der Waals surface area (Å²) in [6.45, 7) is 8.78. The summed E-state index contributed by atoms with van der Waals surface area (Å²) in [5.74, 6) is 0.0536. The van der Waals surface area contributed by atoms with E-state index in [1.54, 1.807) is 18.2 Å². The molecule has 2 aliphatic heterocycles. The number of benzene rings is 2. The zero-order valence-corrected chi connectivity index (χ0v) is 20.3. The molecule has 2 atom stereocenters. The molecule has 4 rings (SSSR count). The fraction of sp³-hybridized carbons (Fsp3) is 0.423. The summed E-state index contributed by atoms with van der Waals surface area (Å²) in [5, 5.41) is 8.89. The highest BCUT2D eigenvalue weighted by molar-refractivity contribution is 6.10. The Morgan fingerprint density at radius 3 is 2.59 bits per heavy atom. The van der Waals surface area contributed by atoms with Crippen molar-refractivity contribution in [3.8, 4) is 5.75 Å². The van der Waals surface area contributed by atoms with Gasteiger partial charge in [-0.3, -0.25) is 14.4 Å². The lowest BCUT2D eigenvalue weighted by atomic mass is 9.79. The van der Waals surface area contributed by atoms with Gasteiger partial charge in [0.25, 0.3) is 0 Å². The van der Waals surface area contributed by atoms with Crippen molar-refractivity contribution in [2.75, 3.05) is 35.7 Å². The van der Waals surface area contributed by atoms with Gasteiger partial charge in [-0.05, 0) is 35.6 Å². The molecular weight excluding hydrogens is 432 g/mol. The van der Waals surface area contributed by atoms with E-state index in [4.69, 9.17) is 4.74 Å². The Bertz CT molecular complexity index is 1140. The summed E-state index contributed by atoms with van der Waals surface area (Å²) in [6, 6.07) is 12.4. The fourth-order valence-electron chi connectivity index (χ4n) is 4.87. The Labute approximate surface area is 200 Å². The number of methoxy groups -OCH3 is 1. The third-order valence-electron chi connectivity index (χ3n) is 6.30. The van der Waals surface area contributed by atoms with Crippen LogP contribution >= 0.6 is 0 Å². The highest BCUT2D eigenvalue weighted by Crippen LogP contribution is 2.47. The fourth-order valence-corrected chi connectivity index (χ4v) is 4.87. The molecule has 0 bridgehead atoms. The molecule has 0 aliphatic carbocycles. The first kappa shape index (κ1) is 23.8. The van der Waals surface area contributed by atoms with Gasteiger partial charge in [0.15, 0.2) is 0 Å². The van der Waals surface area contributed by atoms with E-state index >= 15 is 0 Å². The number of carbonyl (C=O) groups is 3. The lowest BCUT2D eigenvalue weighted by Gasteiger charge is -2.29. The number of ether oxygens (including phenoxy) is 1. The maximum absolute atomic E-state index is 13.7. The van der Waals surface area contributed by atoms with Crippen LogP contribution in [0, 0.1) is 5.41 Å². The molecule has 1 saturated heterocycles. The summed E-state index contributed by atoms with van der Waals surface area (Å²) in [4.78, 5) is 40.1. The minimum absolute atomic E-state index is 0.0451. The van der Waals surface area contributed by atoms with E-state index in [1.807, 2.05) is 29.2 Å². The molecule has 0 radical (unpaired) electrons. The molecule has 3 amide bonds. The molecule has 34 heavy (non-hydrogen) atoms. The van der Waals surface area contributed by atoms with Crippen molar-refractivity contribution in [1.82, 2.24) is 5.32 Å². The van der Waals surface area contributed by atoms with Crippen LogP contribution in [0.2, 0.25) is 0 Å². The molecule has 8 heteroatoms. The first-order valence-corrected chi connectivity index (χ1v) is 11.5. The Balaban J connectivity index is 1.55. The smallest absolute Gasteiger partial charge is 0.241 e. The quantitative estimate of drug-likeness (QED) is 0.631. The predicted molar refractivity (Wildman–Crippen MR) is 132 cm³/mol. The van der Waals surface area contributed by atoms with Gasteiger partial charge in [-0.2, -0.15) is 0 Å². The first-order valence-electron chi connectivity index (χ1n) is 11.5. The van der Waals surface area contributed by atoms with E-state index in [2.05, 4.69) is 36.7 Å². The van der Waals surface area contributed by atoms with Gasteiger partial charge in [0.2, 0.25) is 17.7 Å². The Morgan fingerprint density at radius 2 is 1.91 bits per heavy atom. The molecule has 180 valence electrons. The average molecular weight is 465 g/mol. The second-order valence-corrected chi connectivity index (χ2v) is 10.3. The number of nitrogens with one attached hydrogen (secondary N) is 3. The minimum Gasteiger partial charge on any atom is -0.494 e. The van der Waals surface area contributed by atoms with Crippen molar-refractivity contribution < 1.29 is 19.1 Å². The van der Waals surface area contributed by atoms with E-state index in [1.165, 1.54) is 14.0 Å². The maximum atomic E-state index is 13.7. The minimum atomic E-state index is -0.761. The van der Waals surface area contributed by atoms with E-state index in [-0.39, 0.29) is 23.1 Å². The number of anilines is 3. The first-order chi connectivity index (χ1) is 16.0. The number of carbonyl (C=O) groups excluding carboxylic acids is 3. The Morgan fingerprint density at radius 1 is 1.18 bits per heavy atom. The SMILES string of the molecule is COc1cc(NC(C)=O)ccc1NC(=O)C1CC2(CN1)C(=O)N(CC(C)(C)C)c1ccccc12. The van der Waals surface area contributed by atoms with Crippen LogP contribution in [-0.2, 0) is 19.8 Å². The number of rotatable bonds is 5. The highest BCUT2D eigenvalue weighted by Gasteiger charge is 2.56. The van der Waals surface area contributed by atoms with Gasteiger partial charge < -0.3 is 25.6 Å². The van der Waals surface area contributed by atoms with Crippen molar-refractivity contribution in [1.29, 1.82) is 0 Å². The van der Waals surface area contributed by atoms with Crippen LogP contribution in [-0.4, -0.2) is 44.0 Å². The Hall–Kier alpha value is -3.39. The van der Waals surface area contributed by atoms with Crippen LogP contribution in [0.15, 0.2) is 42.5 Å². The van der Waals surface area contributed by atoms with Crippen LogP contribution in [0.1, 0.15) is 39.7 Å². The van der Waals surface area contributed by atoms with Crippen LogP contribution in [0.3, 0.4) is 0 Å². The number of fused-ring (bicyclic) bond motifs is 2. The van der Waals surface area contributed by atoms with E-state index in [9.17, 15) is 14.4 Å². The van der Waals surface area contributed by atoms with Crippen molar-refractivity contribution in [2.45, 2.75) is 45.6 Å². The second kappa shape index (κ2) is 8.76. The molecular formula is C26H32N4O4. The van der Waals surface area contributed by atoms with E-state index in [0.717, 1.165) is 11.3 Å². The third-order valence-corrected chi connectivity index (χ3v) is 6.30. The van der Waals surface area contributed by atoms with Gasteiger partial charge in [0.1, 0.15) is 5.75 Å². The van der Waals surface area contributed by atoms with Crippen molar-refractivity contribution in [2.24, 2.45) is 5.41 Å². The van der Waals surface area contributed by atoms with E-state index < -0.39 is 11.5 Å². The molecule has 2 unspecified atom stereocenters. The monoisotopic (exact) mass is 464 g/mol. The largest absolute Gasteiger partial charge is 0.494 e. The lowest BCUT2D eigenvalue weighted by molar-refractivity contribution is -0.123. The summed E-state index contributed by atoms with van der Waals surface area (Å²) in [5.41, 5.74) is 2.16. The van der Waals surface area contributed by atoms with Crippen molar-refractivity contribution in [3.05, 3.63) is 48.0 Å². The van der Waals surface area contributed by atoms with Crippen molar-refractivity contribution >= 4 is 34.8 Å². The maximum Gasteiger partial charge on any atom is 0.241 e. The van der Waals surface area contributed by atoms with E-state index in [0.29, 0.717) is 36.6 Å². The molecule has 2 heterocycles. The van der Waals surface area contributed by atoms with Crippen LogP contribution in [0.4, 0.5) is 17.1 Å². The molecule has 1 spiro atoms. The van der Waals surface area contributed by atoms with Gasteiger partial charge in [0, 0.05) is 37.5 Å². The third kappa shape index (κ3) is 4.37. The van der Waals surface area contributed by atoms with Gasteiger partial charge in [-0.15, -0.1) is 0 Å². The predicted octanol–water partition coefficient (Wildman–Crippen LogP) is 3.28. The normalized spacial score (nSPS) is 21.5. The van der Waals surface area contributed by atoms with Gasteiger partial charge in [0.05, 0.1) is 24.3 Å². The van der Waals surface area contributed by atoms with Gasteiger partial charge in [-0.1, -0.05) is 39.0 Å². The zero-order valence-electron chi connectivity index (χ0n) is 20.3. The average Bonchev–Trinajstić information content (AvgIpc) is 3.31. The standard InChI is InChI=1S/C26H32N4O4/c1-16(31)28-17-10-11-19(22(12-17)34-5)29-23(32)20-13-26(14-27-20)18-8-6-7-9-21(18)30(24(26)33)15-25(2,3)4/h6-12,20,27H,13-15H2,1-5H3,(H,28,31)(H,29,32). The molecule has 3 N–H and O–H groups in total. The topological polar surface area (TPSA) is 99.8 Å². The second-order valence-electron chi connectivity index (χ2n) is 10.3. The Kier molecular flexibility index (Phi) is 6.12. The highest BCUT2D eigenvalue weighted by atomic mass is 16.5. The number of hydrogen-bond donors (Lipinski definition) is 3. The summed E-state index contributed by atoms with van der Waals surface area (Å²) < 4.78 is 5.40. The lowest BCUT2D eigenvalue weighted by Crippen LogP contribution is -2.44. The molecule has 0 aromatic heterocycles. The van der Waals surface area contributed by atoms with Crippen LogP contribution < -0.4 is 25.6 Å². The van der Waals surface area contributed by atoms with Crippen LogP contribution in [0.5, 0.6) is 5.75 Å². The van der Waals surface area contributed by atoms with Crippen LogP contribution in [0.25, 0.3) is 0 Å². The molecule has 2 aromatic rings. The molecule has 2 aromatic carbocycles. The number of hydrogen-bond acceptors (Lipinski definition) is 5. The van der Waals surface area contributed by atoms with Crippen molar-refractivity contribution in [3.63, 3.8) is 0 Å².